The third kappa shape index (κ3) is 2.30. The maximum Gasteiger partial charge on any atom is 0.515 e. The zero-order valence-corrected chi connectivity index (χ0v) is 10.2. The summed E-state index contributed by atoms with van der Waals surface area (Å²) in [4.78, 5) is 14.2. The van der Waals surface area contributed by atoms with Crippen LogP contribution < -0.4 is 4.74 Å². The summed E-state index contributed by atoms with van der Waals surface area (Å²) in [5.41, 5.74) is 1.49. The summed E-state index contributed by atoms with van der Waals surface area (Å²) in [6.45, 7) is 3.85. The molecule has 0 bridgehead atoms. The average molecular weight is 251 g/mol. The number of benzene rings is 1. The number of aromatic nitrogens is 1. The van der Waals surface area contributed by atoms with Gasteiger partial charge in [0.1, 0.15) is 5.82 Å². The van der Waals surface area contributed by atoms with E-state index in [9.17, 15) is 9.18 Å². The van der Waals surface area contributed by atoms with Crippen LogP contribution in [0, 0.1) is 5.82 Å². The van der Waals surface area contributed by atoms with E-state index >= 15 is 0 Å². The highest BCUT2D eigenvalue weighted by Crippen LogP contribution is 2.29. The summed E-state index contributed by atoms with van der Waals surface area (Å²) in [5, 5.41) is 0.719. The van der Waals surface area contributed by atoms with Gasteiger partial charge >= 0.3 is 6.16 Å². The molecule has 96 valence electrons. The highest BCUT2D eigenvalue weighted by atomic mass is 19.1. The lowest BCUT2D eigenvalue weighted by Gasteiger charge is -2.03. The number of halogens is 1. The number of aromatic amines is 1. The summed E-state index contributed by atoms with van der Waals surface area (Å²) < 4.78 is 23.0. The molecule has 1 aromatic carbocycles. The van der Waals surface area contributed by atoms with Crippen molar-refractivity contribution in [1.82, 2.24) is 4.98 Å². The number of carbonyl (C=O) groups excluding carboxylic acids is 1. The molecule has 4 nitrogen and oxygen atoms in total. The molecule has 0 radical (unpaired) electrons. The van der Waals surface area contributed by atoms with Crippen LogP contribution >= 0.6 is 0 Å². The van der Waals surface area contributed by atoms with E-state index < -0.39 is 6.16 Å². The first-order valence-electron chi connectivity index (χ1n) is 5.80. The fraction of sp³-hybridized carbons (Fsp3) is 0.308. The van der Waals surface area contributed by atoms with Crippen LogP contribution in [0.5, 0.6) is 5.88 Å². The smallest absolute Gasteiger partial charge is 0.434 e. The van der Waals surface area contributed by atoms with E-state index in [1.54, 1.807) is 13.0 Å². The molecule has 0 atom stereocenters. The lowest BCUT2D eigenvalue weighted by Crippen LogP contribution is -2.11. The SMILES string of the molecule is CCOC(=O)Oc1[nH]c2ccc(F)cc2c1CC. The van der Waals surface area contributed by atoms with E-state index in [0.717, 1.165) is 16.5 Å². The molecule has 0 aliphatic heterocycles. The second-order valence-electron chi connectivity index (χ2n) is 3.76. The van der Waals surface area contributed by atoms with Crippen molar-refractivity contribution < 1.29 is 18.7 Å². The fourth-order valence-electron chi connectivity index (χ4n) is 1.86. The van der Waals surface area contributed by atoms with Crippen LogP contribution in [-0.2, 0) is 11.2 Å². The second-order valence-corrected chi connectivity index (χ2v) is 3.76. The number of fused-ring (bicyclic) bond motifs is 1. The Morgan fingerprint density at radius 1 is 1.39 bits per heavy atom. The van der Waals surface area contributed by atoms with Crippen molar-refractivity contribution in [2.45, 2.75) is 20.3 Å². The van der Waals surface area contributed by atoms with Gasteiger partial charge in [-0.3, -0.25) is 0 Å². The summed E-state index contributed by atoms with van der Waals surface area (Å²) in [7, 11) is 0. The minimum atomic E-state index is -0.765. The molecule has 2 rings (SSSR count). The van der Waals surface area contributed by atoms with Crippen LogP contribution in [0.25, 0.3) is 10.9 Å². The van der Waals surface area contributed by atoms with Gasteiger partial charge in [-0.2, -0.15) is 0 Å². The van der Waals surface area contributed by atoms with Crippen molar-refractivity contribution in [1.29, 1.82) is 0 Å². The van der Waals surface area contributed by atoms with Crippen molar-refractivity contribution in [3.63, 3.8) is 0 Å². The monoisotopic (exact) mass is 251 g/mol. The predicted molar refractivity (Wildman–Crippen MR) is 65.3 cm³/mol. The lowest BCUT2D eigenvalue weighted by atomic mass is 10.1. The molecule has 0 saturated heterocycles. The number of rotatable bonds is 3. The number of hydrogen-bond donors (Lipinski definition) is 1. The molecule has 0 aliphatic carbocycles. The maximum absolute atomic E-state index is 13.2. The Hall–Kier alpha value is -2.04. The van der Waals surface area contributed by atoms with E-state index in [0.29, 0.717) is 12.3 Å². The number of ether oxygens (including phenoxy) is 2. The Balaban J connectivity index is 2.41. The molecule has 0 saturated carbocycles. The summed E-state index contributed by atoms with van der Waals surface area (Å²) >= 11 is 0. The minimum Gasteiger partial charge on any atom is -0.434 e. The van der Waals surface area contributed by atoms with E-state index in [-0.39, 0.29) is 12.4 Å². The largest absolute Gasteiger partial charge is 0.515 e. The van der Waals surface area contributed by atoms with Gasteiger partial charge in [-0.1, -0.05) is 6.92 Å². The van der Waals surface area contributed by atoms with Gasteiger partial charge in [0.2, 0.25) is 5.88 Å². The van der Waals surface area contributed by atoms with Crippen LogP contribution in [0.2, 0.25) is 0 Å². The van der Waals surface area contributed by atoms with Crippen LogP contribution in [0.3, 0.4) is 0 Å². The Morgan fingerprint density at radius 3 is 2.83 bits per heavy atom. The van der Waals surface area contributed by atoms with Crippen molar-refractivity contribution in [2.24, 2.45) is 0 Å². The standard InChI is InChI=1S/C13H14FNO3/c1-3-9-10-7-8(14)5-6-11(10)15-12(9)18-13(16)17-4-2/h5-7,15H,3-4H2,1-2H3. The Bertz CT molecular complexity index is 577. The predicted octanol–water partition coefficient (Wildman–Crippen LogP) is 3.40. The highest BCUT2D eigenvalue weighted by Gasteiger charge is 2.15. The van der Waals surface area contributed by atoms with Gasteiger partial charge in [-0.15, -0.1) is 0 Å². The number of hydrogen-bond acceptors (Lipinski definition) is 3. The van der Waals surface area contributed by atoms with Gasteiger partial charge < -0.3 is 14.5 Å². The molecule has 0 fully saturated rings. The van der Waals surface area contributed by atoms with Crippen LogP contribution in [0.4, 0.5) is 9.18 Å². The molecule has 1 heterocycles. The molecule has 0 aliphatic rings. The normalized spacial score (nSPS) is 10.6. The maximum atomic E-state index is 13.2. The molecule has 5 heteroatoms. The van der Waals surface area contributed by atoms with Crippen molar-refractivity contribution in [2.75, 3.05) is 6.61 Å². The van der Waals surface area contributed by atoms with Gasteiger partial charge in [0.25, 0.3) is 0 Å². The first kappa shape index (κ1) is 12.4. The molecule has 1 aromatic heterocycles. The minimum absolute atomic E-state index is 0.245. The van der Waals surface area contributed by atoms with Crippen molar-refractivity contribution in [3.8, 4) is 5.88 Å². The summed E-state index contributed by atoms with van der Waals surface area (Å²) in [6.07, 6.45) is -0.141. The highest BCUT2D eigenvalue weighted by molar-refractivity contribution is 5.86. The van der Waals surface area contributed by atoms with Crippen molar-refractivity contribution in [3.05, 3.63) is 29.6 Å². The number of nitrogens with one attached hydrogen (secondary N) is 1. The van der Waals surface area contributed by atoms with Gasteiger partial charge in [-0.05, 0) is 31.5 Å². The molecule has 0 unspecified atom stereocenters. The average Bonchev–Trinajstić information content (AvgIpc) is 2.65. The van der Waals surface area contributed by atoms with Crippen LogP contribution in [0.1, 0.15) is 19.4 Å². The van der Waals surface area contributed by atoms with Crippen LogP contribution in [-0.4, -0.2) is 17.7 Å². The molecule has 2 aromatic rings. The van der Waals surface area contributed by atoms with Crippen molar-refractivity contribution >= 4 is 17.1 Å². The van der Waals surface area contributed by atoms with E-state index in [1.165, 1.54) is 12.1 Å². The van der Waals surface area contributed by atoms with Gasteiger partial charge in [-0.25, -0.2) is 9.18 Å². The Morgan fingerprint density at radius 2 is 2.17 bits per heavy atom. The van der Waals surface area contributed by atoms with E-state index in [1.807, 2.05) is 6.92 Å². The summed E-state index contributed by atoms with van der Waals surface area (Å²) in [6, 6.07) is 4.39. The van der Waals surface area contributed by atoms with Gasteiger partial charge in [0.05, 0.1) is 6.61 Å². The molecular formula is C13H14FNO3. The number of carbonyl (C=O) groups is 1. The first-order chi connectivity index (χ1) is 8.65. The van der Waals surface area contributed by atoms with E-state index in [4.69, 9.17) is 9.47 Å². The second kappa shape index (κ2) is 5.08. The van der Waals surface area contributed by atoms with Gasteiger partial charge in [0, 0.05) is 16.5 Å². The third-order valence-electron chi connectivity index (χ3n) is 2.63. The molecular weight excluding hydrogens is 237 g/mol. The quantitative estimate of drug-likeness (QED) is 0.850. The molecule has 0 amide bonds. The number of H-pyrrole nitrogens is 1. The topological polar surface area (TPSA) is 51.3 Å². The first-order valence-corrected chi connectivity index (χ1v) is 5.80. The van der Waals surface area contributed by atoms with Crippen LogP contribution in [0.15, 0.2) is 18.2 Å². The zero-order valence-electron chi connectivity index (χ0n) is 10.2. The molecule has 18 heavy (non-hydrogen) atoms. The zero-order chi connectivity index (χ0) is 13.1. The Labute approximate surface area is 104 Å². The van der Waals surface area contributed by atoms with Gasteiger partial charge in [0.15, 0.2) is 0 Å². The van der Waals surface area contributed by atoms with E-state index in [2.05, 4.69) is 4.98 Å². The fourth-order valence-corrected chi connectivity index (χ4v) is 1.86. The summed E-state index contributed by atoms with van der Waals surface area (Å²) in [5.74, 6) is -0.00423. The third-order valence-corrected chi connectivity index (χ3v) is 2.63. The molecule has 1 N–H and O–H groups in total. The number of aryl methyl sites for hydroxylation is 1. The lowest BCUT2D eigenvalue weighted by molar-refractivity contribution is 0.102. The Kier molecular flexibility index (Phi) is 3.50. The molecule has 0 spiro atoms.